The minimum absolute atomic E-state index is 0.0231. The first-order valence-electron chi connectivity index (χ1n) is 8.60. The van der Waals surface area contributed by atoms with E-state index in [9.17, 15) is 32.6 Å². The maximum absolute atomic E-state index is 12.9. The van der Waals surface area contributed by atoms with Crippen molar-refractivity contribution in [1.29, 1.82) is 0 Å². The lowest BCUT2D eigenvalue weighted by Gasteiger charge is -2.31. The van der Waals surface area contributed by atoms with Crippen LogP contribution in [-0.4, -0.2) is 62.5 Å². The fourth-order valence-electron chi connectivity index (χ4n) is 2.37. The van der Waals surface area contributed by atoms with E-state index in [0.29, 0.717) is 19.2 Å². The molecule has 1 amide bonds. The van der Waals surface area contributed by atoms with Crippen LogP contribution in [0, 0.1) is 5.82 Å². The molecule has 0 radical (unpaired) electrons. The van der Waals surface area contributed by atoms with Crippen molar-refractivity contribution in [2.24, 2.45) is 0 Å². The van der Waals surface area contributed by atoms with Crippen LogP contribution in [0.1, 0.15) is 22.6 Å². The van der Waals surface area contributed by atoms with Gasteiger partial charge in [0.2, 0.25) is 0 Å². The normalized spacial score (nSPS) is 21.3. The van der Waals surface area contributed by atoms with Crippen LogP contribution in [0.4, 0.5) is 23.4 Å². The summed E-state index contributed by atoms with van der Waals surface area (Å²) >= 11 is 0. The molecule has 3 unspecified atom stereocenters. The molecule has 2 aromatic heterocycles. The Balaban J connectivity index is 0.000000248. The van der Waals surface area contributed by atoms with Crippen molar-refractivity contribution in [2.45, 2.75) is 30.9 Å². The summed E-state index contributed by atoms with van der Waals surface area (Å²) in [7, 11) is 0. The first kappa shape index (κ1) is 23.4. The van der Waals surface area contributed by atoms with Gasteiger partial charge in [0.15, 0.2) is 5.69 Å². The van der Waals surface area contributed by atoms with Crippen LogP contribution < -0.4 is 11.1 Å². The lowest BCUT2D eigenvalue weighted by Crippen LogP contribution is -2.50. The van der Waals surface area contributed by atoms with Crippen LogP contribution in [-0.2, 0) is 10.9 Å². The van der Waals surface area contributed by atoms with Gasteiger partial charge in [0.1, 0.15) is 29.5 Å². The van der Waals surface area contributed by atoms with Gasteiger partial charge in [-0.05, 0) is 12.5 Å². The van der Waals surface area contributed by atoms with Crippen LogP contribution in [0.15, 0.2) is 30.7 Å². The van der Waals surface area contributed by atoms with E-state index < -0.39 is 41.9 Å². The SMILES string of the molecule is Nc1cncc(C(F)(F)F)n1.O=C(NCC1OCCC(O)C1O)c1cc(F)ccn1. The standard InChI is InChI=1S/C12H15FN2O4.C5H4F3N3/c13-7-1-3-14-8(5-7)12(18)15-6-10-11(17)9(16)2-4-19-10;6-5(7,8)3-1-10-2-4(9)11-3/h1,3,5,9-11,16-17H,2,4,6H2,(H,15,18);1-2H,(H2,9,11). The number of aliphatic hydroxyl groups is 2. The number of amides is 1. The number of alkyl halides is 3. The van der Waals surface area contributed by atoms with Crippen LogP contribution in [0.25, 0.3) is 0 Å². The fourth-order valence-corrected chi connectivity index (χ4v) is 2.37. The number of ether oxygens (including phenoxy) is 1. The van der Waals surface area contributed by atoms with E-state index in [0.717, 1.165) is 18.3 Å². The summed E-state index contributed by atoms with van der Waals surface area (Å²) < 4.78 is 53.6. The van der Waals surface area contributed by atoms with E-state index in [4.69, 9.17) is 10.5 Å². The molecule has 13 heteroatoms. The molecule has 164 valence electrons. The second-order valence-electron chi connectivity index (χ2n) is 6.15. The van der Waals surface area contributed by atoms with Crippen molar-refractivity contribution < 1.29 is 37.3 Å². The summed E-state index contributed by atoms with van der Waals surface area (Å²) in [6, 6.07) is 2.16. The zero-order valence-electron chi connectivity index (χ0n) is 15.4. The number of carbonyl (C=O) groups is 1. The maximum Gasteiger partial charge on any atom is 0.434 e. The van der Waals surface area contributed by atoms with Gasteiger partial charge in [0.25, 0.3) is 5.91 Å². The third kappa shape index (κ3) is 6.86. The Hall–Kier alpha value is -2.90. The van der Waals surface area contributed by atoms with Gasteiger partial charge >= 0.3 is 6.18 Å². The van der Waals surface area contributed by atoms with Crippen LogP contribution in [0.3, 0.4) is 0 Å². The second-order valence-corrected chi connectivity index (χ2v) is 6.15. The summed E-state index contributed by atoms with van der Waals surface area (Å²) in [6.07, 6.45) is -3.83. The van der Waals surface area contributed by atoms with Crippen molar-refractivity contribution in [3.05, 3.63) is 47.9 Å². The highest BCUT2D eigenvalue weighted by Gasteiger charge is 2.33. The highest BCUT2D eigenvalue weighted by atomic mass is 19.4. The van der Waals surface area contributed by atoms with E-state index in [-0.39, 0.29) is 18.1 Å². The topological polar surface area (TPSA) is 143 Å². The number of nitrogens with two attached hydrogens (primary N) is 1. The van der Waals surface area contributed by atoms with Crippen molar-refractivity contribution in [1.82, 2.24) is 20.3 Å². The molecule has 2 aromatic rings. The molecule has 1 aliphatic rings. The zero-order chi connectivity index (χ0) is 22.3. The summed E-state index contributed by atoms with van der Waals surface area (Å²) in [6.45, 7) is 0.340. The monoisotopic (exact) mass is 433 g/mol. The number of pyridine rings is 1. The Labute approximate surface area is 167 Å². The van der Waals surface area contributed by atoms with Crippen LogP contribution in [0.5, 0.6) is 0 Å². The van der Waals surface area contributed by atoms with Crippen LogP contribution in [0.2, 0.25) is 0 Å². The second kappa shape index (κ2) is 10.2. The molecule has 30 heavy (non-hydrogen) atoms. The molecule has 9 nitrogen and oxygen atoms in total. The molecule has 1 fully saturated rings. The van der Waals surface area contributed by atoms with Gasteiger partial charge in [0, 0.05) is 25.4 Å². The highest BCUT2D eigenvalue weighted by molar-refractivity contribution is 5.92. The molecule has 5 N–H and O–H groups in total. The minimum Gasteiger partial charge on any atom is -0.390 e. The van der Waals surface area contributed by atoms with Gasteiger partial charge in [-0.2, -0.15) is 13.2 Å². The predicted molar refractivity (Wildman–Crippen MR) is 94.3 cm³/mol. The molecular formula is C17H19F4N5O4. The first-order valence-corrected chi connectivity index (χ1v) is 8.60. The van der Waals surface area contributed by atoms with Gasteiger partial charge in [-0.3, -0.25) is 14.8 Å². The number of carbonyl (C=O) groups excluding carboxylic acids is 1. The third-order valence-corrected chi connectivity index (χ3v) is 3.88. The number of halogens is 4. The Kier molecular flexibility index (Phi) is 7.97. The zero-order valence-corrected chi connectivity index (χ0v) is 15.4. The van der Waals surface area contributed by atoms with E-state index in [1.165, 1.54) is 6.20 Å². The Morgan fingerprint density at radius 2 is 2.07 bits per heavy atom. The number of hydrogen-bond acceptors (Lipinski definition) is 8. The lowest BCUT2D eigenvalue weighted by atomic mass is 10.0. The first-order chi connectivity index (χ1) is 14.1. The van der Waals surface area contributed by atoms with E-state index in [1.807, 2.05) is 0 Å². The number of aliphatic hydroxyl groups excluding tert-OH is 2. The summed E-state index contributed by atoms with van der Waals surface area (Å²) in [5.41, 5.74) is 3.86. The molecule has 0 saturated carbocycles. The third-order valence-electron chi connectivity index (χ3n) is 3.88. The highest BCUT2D eigenvalue weighted by Crippen LogP contribution is 2.26. The molecule has 1 aliphatic heterocycles. The quantitative estimate of drug-likeness (QED) is 0.514. The summed E-state index contributed by atoms with van der Waals surface area (Å²) in [4.78, 5) is 21.7. The molecular weight excluding hydrogens is 414 g/mol. The number of nitrogens with zero attached hydrogens (tertiary/aromatic N) is 3. The largest absolute Gasteiger partial charge is 0.434 e. The summed E-state index contributed by atoms with van der Waals surface area (Å²) in [5.74, 6) is -1.35. The predicted octanol–water partition coefficient (Wildman–Crippen LogP) is 0.539. The molecule has 0 aliphatic carbocycles. The van der Waals surface area contributed by atoms with Gasteiger partial charge in [-0.15, -0.1) is 0 Å². The van der Waals surface area contributed by atoms with Crippen molar-refractivity contribution >= 4 is 11.7 Å². The number of rotatable bonds is 3. The average molecular weight is 433 g/mol. The van der Waals surface area contributed by atoms with Gasteiger partial charge in [0.05, 0.1) is 18.5 Å². The van der Waals surface area contributed by atoms with Crippen molar-refractivity contribution in [3.8, 4) is 0 Å². The molecule has 3 rings (SSSR count). The molecule has 3 atom stereocenters. The van der Waals surface area contributed by atoms with E-state index >= 15 is 0 Å². The number of aromatic nitrogens is 3. The minimum atomic E-state index is -4.47. The maximum atomic E-state index is 12.9. The smallest absolute Gasteiger partial charge is 0.390 e. The Morgan fingerprint density at radius 1 is 1.33 bits per heavy atom. The number of anilines is 1. The van der Waals surface area contributed by atoms with Gasteiger partial charge < -0.3 is 26.0 Å². The van der Waals surface area contributed by atoms with Crippen LogP contribution >= 0.6 is 0 Å². The molecule has 0 bridgehead atoms. The number of hydrogen-bond donors (Lipinski definition) is 4. The van der Waals surface area contributed by atoms with Gasteiger partial charge in [-0.1, -0.05) is 0 Å². The van der Waals surface area contributed by atoms with Crippen molar-refractivity contribution in [2.75, 3.05) is 18.9 Å². The van der Waals surface area contributed by atoms with E-state index in [1.54, 1.807) is 0 Å². The molecule has 1 saturated heterocycles. The Bertz CT molecular complexity index is 855. The molecule has 3 heterocycles. The molecule has 0 aromatic carbocycles. The van der Waals surface area contributed by atoms with Gasteiger partial charge in [-0.25, -0.2) is 9.37 Å². The van der Waals surface area contributed by atoms with Crippen molar-refractivity contribution in [3.63, 3.8) is 0 Å². The Morgan fingerprint density at radius 3 is 2.67 bits per heavy atom. The fraction of sp³-hybridized carbons (Fsp3) is 0.412. The number of nitrogens with one attached hydrogen (secondary N) is 1. The lowest BCUT2D eigenvalue weighted by molar-refractivity contribution is -0.141. The molecule has 0 spiro atoms. The average Bonchev–Trinajstić information content (AvgIpc) is 2.69. The summed E-state index contributed by atoms with van der Waals surface area (Å²) in [5, 5.41) is 21.6. The number of nitrogen functional groups attached to an aromatic ring is 1. The van der Waals surface area contributed by atoms with E-state index in [2.05, 4.69) is 20.3 Å².